The van der Waals surface area contributed by atoms with E-state index in [1.165, 1.54) is 38.8 Å². The van der Waals surface area contributed by atoms with Crippen LogP contribution in [-0.2, 0) is 6.54 Å². The smallest absolute Gasteiger partial charge is 0.0457 e. The highest BCUT2D eigenvalue weighted by molar-refractivity contribution is 5.87. The normalized spacial score (nSPS) is 14.6. The van der Waals surface area contributed by atoms with Gasteiger partial charge in [-0.3, -0.25) is 0 Å². The third-order valence-electron chi connectivity index (χ3n) is 5.80. The van der Waals surface area contributed by atoms with Crippen LogP contribution >= 0.6 is 0 Å². The Labute approximate surface area is 172 Å². The number of likely N-dealkylation sites (N-methyl/N-ethyl adjacent to an activating group) is 1. The summed E-state index contributed by atoms with van der Waals surface area (Å²) < 4.78 is 0. The quantitative estimate of drug-likeness (QED) is 0.455. The lowest BCUT2D eigenvalue weighted by molar-refractivity contribution is 0.343. The predicted molar refractivity (Wildman–Crippen MR) is 124 cm³/mol. The van der Waals surface area contributed by atoms with Crippen LogP contribution in [0.5, 0.6) is 0 Å². The number of hydrogen-bond donors (Lipinski definition) is 1. The van der Waals surface area contributed by atoms with Crippen molar-refractivity contribution >= 4 is 27.8 Å². The van der Waals surface area contributed by atoms with E-state index in [2.05, 4.69) is 89.6 Å². The number of hydrogen-bond acceptors (Lipinski definition) is 3. The number of nitrogens with zero attached hydrogens (tertiary/aromatic N) is 2. The first-order valence-electron chi connectivity index (χ1n) is 10.1. The Morgan fingerprint density at radius 3 is 2.31 bits per heavy atom. The second kappa shape index (κ2) is 7.26. The second-order valence-corrected chi connectivity index (χ2v) is 7.89. The van der Waals surface area contributed by atoms with Crippen molar-refractivity contribution in [3.8, 4) is 11.1 Å². The molecule has 0 atom stereocenters. The van der Waals surface area contributed by atoms with E-state index in [-0.39, 0.29) is 0 Å². The maximum Gasteiger partial charge on any atom is 0.0457 e. The lowest BCUT2D eigenvalue weighted by atomic mass is 10.0. The van der Waals surface area contributed by atoms with Gasteiger partial charge in [-0.1, -0.05) is 48.5 Å². The summed E-state index contributed by atoms with van der Waals surface area (Å²) in [5, 5.41) is 2.56. The molecule has 0 saturated carbocycles. The van der Waals surface area contributed by atoms with Crippen molar-refractivity contribution in [2.45, 2.75) is 6.54 Å². The van der Waals surface area contributed by atoms with E-state index in [1.807, 2.05) is 12.1 Å². The maximum atomic E-state index is 5.86. The molecule has 0 fully saturated rings. The van der Waals surface area contributed by atoms with Gasteiger partial charge in [0.2, 0.25) is 0 Å². The summed E-state index contributed by atoms with van der Waals surface area (Å²) in [7, 11) is 2.20. The first-order chi connectivity index (χ1) is 14.2. The summed E-state index contributed by atoms with van der Waals surface area (Å²) in [4.78, 5) is 4.85. The van der Waals surface area contributed by atoms with Gasteiger partial charge in [0.1, 0.15) is 0 Å². The van der Waals surface area contributed by atoms with Crippen molar-refractivity contribution in [3.63, 3.8) is 0 Å². The van der Waals surface area contributed by atoms with Crippen LogP contribution in [0.3, 0.4) is 0 Å². The zero-order valence-electron chi connectivity index (χ0n) is 16.7. The van der Waals surface area contributed by atoms with Crippen molar-refractivity contribution in [3.05, 3.63) is 90.5 Å². The molecular weight excluding hydrogens is 354 g/mol. The molecular formula is C26H25N3. The van der Waals surface area contributed by atoms with Crippen LogP contribution in [0.2, 0.25) is 0 Å². The number of benzene rings is 4. The molecule has 144 valence electrons. The minimum atomic E-state index is 0.797. The van der Waals surface area contributed by atoms with E-state index >= 15 is 0 Å². The average Bonchev–Trinajstić information content (AvgIpc) is 2.91. The Balaban J connectivity index is 1.59. The second-order valence-electron chi connectivity index (χ2n) is 7.89. The third-order valence-corrected chi connectivity index (χ3v) is 5.80. The van der Waals surface area contributed by atoms with E-state index in [4.69, 9.17) is 5.73 Å². The van der Waals surface area contributed by atoms with E-state index in [1.54, 1.807) is 0 Å². The molecule has 29 heavy (non-hydrogen) atoms. The zero-order valence-corrected chi connectivity index (χ0v) is 16.7. The van der Waals surface area contributed by atoms with E-state index < -0.39 is 0 Å². The fraction of sp³-hybridized carbons (Fsp3) is 0.154. The van der Waals surface area contributed by atoms with E-state index in [9.17, 15) is 0 Å². The zero-order chi connectivity index (χ0) is 19.8. The predicted octanol–water partition coefficient (Wildman–Crippen LogP) is 5.67. The number of rotatable bonds is 2. The molecule has 1 heterocycles. The van der Waals surface area contributed by atoms with Crippen LogP contribution in [0, 0.1) is 0 Å². The highest BCUT2D eigenvalue weighted by Crippen LogP contribution is 2.35. The molecule has 1 aliphatic heterocycles. The lowest BCUT2D eigenvalue weighted by Crippen LogP contribution is -2.26. The topological polar surface area (TPSA) is 32.5 Å². The highest BCUT2D eigenvalue weighted by atomic mass is 15.2. The molecule has 3 nitrogen and oxygen atoms in total. The minimum Gasteiger partial charge on any atom is -0.399 e. The van der Waals surface area contributed by atoms with Gasteiger partial charge in [-0.25, -0.2) is 0 Å². The van der Waals surface area contributed by atoms with Crippen LogP contribution < -0.4 is 10.6 Å². The standard InChI is InChI=1S/C26H25N3/c1-28-14-15-29(25-12-8-19-4-2-3-5-21(19)17-25)26-13-9-22(16-23(26)18-28)20-6-10-24(27)11-7-20/h2-13,16-17H,14-15,18,27H2,1H3. The van der Waals surface area contributed by atoms with Gasteiger partial charge in [-0.15, -0.1) is 0 Å². The summed E-state index contributed by atoms with van der Waals surface area (Å²) in [5.41, 5.74) is 13.0. The molecule has 0 aromatic heterocycles. The Morgan fingerprint density at radius 2 is 1.48 bits per heavy atom. The molecule has 0 aliphatic carbocycles. The molecule has 0 radical (unpaired) electrons. The molecule has 0 bridgehead atoms. The number of fused-ring (bicyclic) bond motifs is 2. The van der Waals surface area contributed by atoms with Crippen LogP contribution in [-0.4, -0.2) is 25.0 Å². The molecule has 3 heteroatoms. The summed E-state index contributed by atoms with van der Waals surface area (Å²) in [6.45, 7) is 2.95. The molecule has 0 spiro atoms. The molecule has 5 rings (SSSR count). The fourth-order valence-electron chi connectivity index (χ4n) is 4.20. The third kappa shape index (κ3) is 3.45. The first-order valence-corrected chi connectivity index (χ1v) is 10.1. The Morgan fingerprint density at radius 1 is 0.724 bits per heavy atom. The van der Waals surface area contributed by atoms with Crippen molar-refractivity contribution in [1.82, 2.24) is 4.90 Å². The van der Waals surface area contributed by atoms with Crippen LogP contribution in [0.25, 0.3) is 21.9 Å². The van der Waals surface area contributed by atoms with Crippen LogP contribution in [0.1, 0.15) is 5.56 Å². The molecule has 1 aliphatic rings. The van der Waals surface area contributed by atoms with Gasteiger partial charge in [-0.05, 0) is 70.9 Å². The molecule has 0 unspecified atom stereocenters. The van der Waals surface area contributed by atoms with E-state index in [0.717, 1.165) is 25.3 Å². The Bertz CT molecular complexity index is 1160. The van der Waals surface area contributed by atoms with Gasteiger partial charge >= 0.3 is 0 Å². The van der Waals surface area contributed by atoms with Gasteiger partial charge in [0.05, 0.1) is 0 Å². The van der Waals surface area contributed by atoms with Crippen LogP contribution in [0.15, 0.2) is 84.9 Å². The highest BCUT2D eigenvalue weighted by Gasteiger charge is 2.20. The molecule has 0 saturated heterocycles. The Kier molecular flexibility index (Phi) is 4.45. The number of nitrogens with two attached hydrogens (primary N) is 1. The van der Waals surface area contributed by atoms with Gasteiger partial charge in [0.25, 0.3) is 0 Å². The largest absolute Gasteiger partial charge is 0.399 e. The number of nitrogen functional groups attached to an aromatic ring is 1. The average molecular weight is 380 g/mol. The summed E-state index contributed by atoms with van der Waals surface area (Å²) in [5.74, 6) is 0. The monoisotopic (exact) mass is 379 g/mol. The first kappa shape index (κ1) is 17.8. The molecule has 4 aromatic rings. The summed E-state index contributed by atoms with van der Waals surface area (Å²) in [6.07, 6.45) is 0. The summed E-state index contributed by atoms with van der Waals surface area (Å²) in [6, 6.07) is 30.3. The van der Waals surface area contributed by atoms with Gasteiger partial charge in [0.15, 0.2) is 0 Å². The SMILES string of the molecule is CN1CCN(c2ccc3ccccc3c2)c2ccc(-c3ccc(N)cc3)cc2C1. The van der Waals surface area contributed by atoms with Crippen molar-refractivity contribution < 1.29 is 0 Å². The van der Waals surface area contributed by atoms with Gasteiger partial charge in [-0.2, -0.15) is 0 Å². The van der Waals surface area contributed by atoms with E-state index in [0.29, 0.717) is 0 Å². The fourth-order valence-corrected chi connectivity index (χ4v) is 4.20. The maximum absolute atomic E-state index is 5.86. The van der Waals surface area contributed by atoms with Crippen molar-refractivity contribution in [1.29, 1.82) is 0 Å². The Hall–Kier alpha value is -3.30. The molecule has 2 N–H and O–H groups in total. The van der Waals surface area contributed by atoms with Gasteiger partial charge in [0, 0.05) is 36.7 Å². The van der Waals surface area contributed by atoms with Crippen molar-refractivity contribution in [2.75, 3.05) is 30.8 Å². The van der Waals surface area contributed by atoms with Gasteiger partial charge < -0.3 is 15.5 Å². The summed E-state index contributed by atoms with van der Waals surface area (Å²) >= 11 is 0. The minimum absolute atomic E-state index is 0.797. The van der Waals surface area contributed by atoms with Crippen LogP contribution in [0.4, 0.5) is 17.1 Å². The van der Waals surface area contributed by atoms with Crippen molar-refractivity contribution in [2.24, 2.45) is 0 Å². The molecule has 4 aromatic carbocycles. The lowest BCUT2D eigenvalue weighted by Gasteiger charge is -2.25. The number of anilines is 3. The molecule has 0 amide bonds.